The maximum absolute atomic E-state index is 12.2. The van der Waals surface area contributed by atoms with Gasteiger partial charge in [0.1, 0.15) is 0 Å². The molecule has 3 aromatic rings. The van der Waals surface area contributed by atoms with Crippen molar-refractivity contribution in [3.05, 3.63) is 65.0 Å². The van der Waals surface area contributed by atoms with Crippen molar-refractivity contribution >= 4 is 23.2 Å². The van der Waals surface area contributed by atoms with E-state index in [1.807, 2.05) is 36.4 Å². The van der Waals surface area contributed by atoms with Gasteiger partial charge in [0.15, 0.2) is 0 Å². The van der Waals surface area contributed by atoms with E-state index in [9.17, 15) is 4.79 Å². The summed E-state index contributed by atoms with van der Waals surface area (Å²) in [6.07, 6.45) is 0. The molecule has 7 nitrogen and oxygen atoms in total. The first-order valence-electron chi connectivity index (χ1n) is 8.98. The minimum absolute atomic E-state index is 0.0683. The number of benzene rings is 2. The second-order valence-electron chi connectivity index (χ2n) is 6.38. The van der Waals surface area contributed by atoms with Crippen LogP contribution >= 0.6 is 11.6 Å². The predicted octanol–water partition coefficient (Wildman–Crippen LogP) is 3.16. The quantitative estimate of drug-likeness (QED) is 0.711. The fourth-order valence-electron chi connectivity index (χ4n) is 2.94. The fraction of sp³-hybridized carbons (Fsp3) is 0.250. The number of halogens is 1. The summed E-state index contributed by atoms with van der Waals surface area (Å²) in [6, 6.07) is 15.1. The molecule has 0 spiro atoms. The number of hydrogen-bond donors (Lipinski definition) is 1. The third-order valence-electron chi connectivity index (χ3n) is 4.49. The van der Waals surface area contributed by atoms with Crippen LogP contribution in [0.15, 0.2) is 53.1 Å². The molecule has 0 bridgehead atoms. The summed E-state index contributed by atoms with van der Waals surface area (Å²) in [6.45, 7) is 3.57. The number of ether oxygens (including phenoxy) is 1. The number of anilines is 1. The molecule has 144 valence electrons. The molecule has 2 heterocycles. The van der Waals surface area contributed by atoms with Gasteiger partial charge in [-0.3, -0.25) is 4.79 Å². The van der Waals surface area contributed by atoms with Crippen LogP contribution in [0.3, 0.4) is 0 Å². The Kier molecular flexibility index (Phi) is 5.55. The summed E-state index contributed by atoms with van der Waals surface area (Å²) in [5.74, 6) is -0.106. The predicted molar refractivity (Wildman–Crippen MR) is 105 cm³/mol. The minimum Gasteiger partial charge on any atom is -0.378 e. The van der Waals surface area contributed by atoms with Crippen LogP contribution in [0.5, 0.6) is 0 Å². The molecule has 1 saturated heterocycles. The molecule has 4 rings (SSSR count). The van der Waals surface area contributed by atoms with E-state index in [1.165, 1.54) is 0 Å². The maximum Gasteiger partial charge on any atom is 0.316 e. The minimum atomic E-state index is -0.418. The van der Waals surface area contributed by atoms with Gasteiger partial charge in [-0.2, -0.15) is 4.98 Å². The molecule has 1 N–H and O–H groups in total. The standard InChI is InChI=1S/C20H19ClN4O3/c21-16-5-1-14(2-6-16)13-22-19(26)20-23-18(24-28-20)15-3-7-17(8-4-15)25-9-11-27-12-10-25/h1-8H,9-13H2,(H,22,26). The summed E-state index contributed by atoms with van der Waals surface area (Å²) in [5, 5.41) is 7.32. The molecular formula is C20H19ClN4O3. The second-order valence-corrected chi connectivity index (χ2v) is 6.82. The van der Waals surface area contributed by atoms with Gasteiger partial charge in [-0.25, -0.2) is 0 Å². The van der Waals surface area contributed by atoms with E-state index in [2.05, 4.69) is 20.4 Å². The van der Waals surface area contributed by atoms with Gasteiger partial charge in [0, 0.05) is 35.9 Å². The molecule has 0 saturated carbocycles. The number of nitrogens with zero attached hydrogens (tertiary/aromatic N) is 3. The zero-order chi connectivity index (χ0) is 19.3. The topological polar surface area (TPSA) is 80.5 Å². The molecule has 8 heteroatoms. The van der Waals surface area contributed by atoms with E-state index < -0.39 is 5.91 Å². The van der Waals surface area contributed by atoms with E-state index in [-0.39, 0.29) is 5.89 Å². The molecule has 0 unspecified atom stereocenters. The molecule has 2 aromatic carbocycles. The molecule has 1 amide bonds. The molecule has 1 aliphatic heterocycles. The SMILES string of the molecule is O=C(NCc1ccc(Cl)cc1)c1nc(-c2ccc(N3CCOCC3)cc2)no1. The third kappa shape index (κ3) is 4.32. The van der Waals surface area contributed by atoms with Crippen molar-refractivity contribution < 1.29 is 14.1 Å². The number of carbonyl (C=O) groups excluding carboxylic acids is 1. The van der Waals surface area contributed by atoms with Gasteiger partial charge in [-0.15, -0.1) is 0 Å². The smallest absolute Gasteiger partial charge is 0.316 e. The van der Waals surface area contributed by atoms with Crippen molar-refractivity contribution in [3.8, 4) is 11.4 Å². The van der Waals surface area contributed by atoms with Gasteiger partial charge in [-0.1, -0.05) is 28.9 Å². The van der Waals surface area contributed by atoms with Gasteiger partial charge in [0.2, 0.25) is 5.82 Å². The number of nitrogens with one attached hydrogen (secondary N) is 1. The molecule has 0 atom stereocenters. The average molecular weight is 399 g/mol. The monoisotopic (exact) mass is 398 g/mol. The Hall–Kier alpha value is -2.90. The van der Waals surface area contributed by atoms with Gasteiger partial charge in [0.05, 0.1) is 13.2 Å². The highest BCUT2D eigenvalue weighted by Gasteiger charge is 2.17. The lowest BCUT2D eigenvalue weighted by atomic mass is 10.2. The van der Waals surface area contributed by atoms with Crippen LogP contribution < -0.4 is 10.2 Å². The van der Waals surface area contributed by atoms with Gasteiger partial charge >= 0.3 is 11.8 Å². The zero-order valence-electron chi connectivity index (χ0n) is 15.1. The summed E-state index contributed by atoms with van der Waals surface area (Å²) < 4.78 is 10.5. The lowest BCUT2D eigenvalue weighted by Gasteiger charge is -2.28. The molecule has 1 aromatic heterocycles. The van der Waals surface area contributed by atoms with Crippen LogP contribution in [0, 0.1) is 0 Å². The molecule has 0 aliphatic carbocycles. The molecule has 1 fully saturated rings. The van der Waals surface area contributed by atoms with E-state index >= 15 is 0 Å². The first-order chi connectivity index (χ1) is 13.7. The van der Waals surface area contributed by atoms with Crippen molar-refractivity contribution in [2.75, 3.05) is 31.2 Å². The number of rotatable bonds is 5. The molecule has 28 heavy (non-hydrogen) atoms. The van der Waals surface area contributed by atoms with E-state index in [1.54, 1.807) is 12.1 Å². The lowest BCUT2D eigenvalue weighted by Crippen LogP contribution is -2.36. The van der Waals surface area contributed by atoms with Crippen molar-refractivity contribution in [2.45, 2.75) is 6.54 Å². The van der Waals surface area contributed by atoms with E-state index in [0.29, 0.717) is 17.4 Å². The Balaban J connectivity index is 1.39. The fourth-order valence-corrected chi connectivity index (χ4v) is 3.06. The second kappa shape index (κ2) is 8.41. The number of carbonyl (C=O) groups is 1. The number of hydrogen-bond acceptors (Lipinski definition) is 6. The van der Waals surface area contributed by atoms with E-state index in [4.69, 9.17) is 20.9 Å². The Bertz CT molecular complexity index is 935. The Morgan fingerprint density at radius 2 is 1.79 bits per heavy atom. The van der Waals surface area contributed by atoms with Crippen molar-refractivity contribution in [3.63, 3.8) is 0 Å². The maximum atomic E-state index is 12.2. The van der Waals surface area contributed by atoms with Crippen LogP contribution in [0.25, 0.3) is 11.4 Å². The van der Waals surface area contributed by atoms with Gasteiger partial charge in [-0.05, 0) is 42.0 Å². The van der Waals surface area contributed by atoms with Crippen molar-refractivity contribution in [1.29, 1.82) is 0 Å². The Morgan fingerprint density at radius 3 is 2.50 bits per heavy atom. The van der Waals surface area contributed by atoms with Crippen LogP contribution in [-0.4, -0.2) is 42.4 Å². The first kappa shape index (κ1) is 18.5. The molecular weight excluding hydrogens is 380 g/mol. The number of amides is 1. The third-order valence-corrected chi connectivity index (χ3v) is 4.74. The summed E-state index contributed by atoms with van der Waals surface area (Å²) in [5.41, 5.74) is 2.84. The van der Waals surface area contributed by atoms with Gasteiger partial charge < -0.3 is 19.5 Å². The highest BCUT2D eigenvalue weighted by atomic mass is 35.5. The van der Waals surface area contributed by atoms with Crippen molar-refractivity contribution in [1.82, 2.24) is 15.5 Å². The number of aromatic nitrogens is 2. The summed E-state index contributed by atoms with van der Waals surface area (Å²) in [7, 11) is 0. The van der Waals surface area contributed by atoms with Crippen molar-refractivity contribution in [2.24, 2.45) is 0 Å². The summed E-state index contributed by atoms with van der Waals surface area (Å²) >= 11 is 5.86. The highest BCUT2D eigenvalue weighted by molar-refractivity contribution is 6.30. The Morgan fingerprint density at radius 1 is 1.07 bits per heavy atom. The average Bonchev–Trinajstić information content (AvgIpc) is 3.24. The highest BCUT2D eigenvalue weighted by Crippen LogP contribution is 2.22. The van der Waals surface area contributed by atoms with Gasteiger partial charge in [0.25, 0.3) is 0 Å². The summed E-state index contributed by atoms with van der Waals surface area (Å²) in [4.78, 5) is 18.7. The number of morpholine rings is 1. The molecule has 0 radical (unpaired) electrons. The first-order valence-corrected chi connectivity index (χ1v) is 9.36. The Labute approximate surface area is 167 Å². The van der Waals surface area contributed by atoms with Crippen LogP contribution in [0.4, 0.5) is 5.69 Å². The zero-order valence-corrected chi connectivity index (χ0v) is 15.9. The molecule has 1 aliphatic rings. The van der Waals surface area contributed by atoms with Crippen LogP contribution in [0.2, 0.25) is 5.02 Å². The lowest BCUT2D eigenvalue weighted by molar-refractivity contribution is 0.0907. The van der Waals surface area contributed by atoms with E-state index in [0.717, 1.165) is 43.1 Å². The largest absolute Gasteiger partial charge is 0.378 e. The normalized spacial score (nSPS) is 14.1. The van der Waals surface area contributed by atoms with Crippen LogP contribution in [-0.2, 0) is 11.3 Å². The van der Waals surface area contributed by atoms with Crippen LogP contribution in [0.1, 0.15) is 16.2 Å².